The first-order valence-corrected chi connectivity index (χ1v) is 3.89. The van der Waals surface area contributed by atoms with Gasteiger partial charge in [0.2, 0.25) is 0 Å². The van der Waals surface area contributed by atoms with E-state index in [4.69, 9.17) is 5.11 Å². The summed E-state index contributed by atoms with van der Waals surface area (Å²) in [6, 6.07) is 0. The van der Waals surface area contributed by atoms with Crippen molar-refractivity contribution in [2.24, 2.45) is 0 Å². The third-order valence-electron chi connectivity index (χ3n) is 1.02. The van der Waals surface area contributed by atoms with Crippen LogP contribution in [-0.4, -0.2) is 27.9 Å². The minimum atomic E-state index is -1.01. The molecule has 0 aliphatic carbocycles. The third kappa shape index (κ3) is 2.94. The summed E-state index contributed by atoms with van der Waals surface area (Å²) < 4.78 is 0. The Labute approximate surface area is 67.1 Å². The number of carbonyl (C=O) groups is 1. The molecular weight excluding hydrogens is 166 g/mol. The zero-order valence-corrected chi connectivity index (χ0v) is 6.47. The highest BCUT2D eigenvalue weighted by Gasteiger charge is 1.97. The van der Waals surface area contributed by atoms with Crippen molar-refractivity contribution in [3.05, 3.63) is 10.5 Å². The van der Waals surface area contributed by atoms with E-state index in [-0.39, 0.29) is 0 Å². The molecule has 0 bridgehead atoms. The summed E-state index contributed by atoms with van der Waals surface area (Å²) in [5.74, 6) is 0. The van der Waals surface area contributed by atoms with E-state index in [0.717, 1.165) is 5.01 Å². The van der Waals surface area contributed by atoms with Gasteiger partial charge in [0.15, 0.2) is 0 Å². The molecule has 0 atom stereocenters. The number of aromatic nitrogens is 2. The Morgan fingerprint density at radius 1 is 1.82 bits per heavy atom. The quantitative estimate of drug-likeness (QED) is 0.691. The van der Waals surface area contributed by atoms with Crippen molar-refractivity contribution in [2.75, 3.05) is 6.54 Å². The lowest BCUT2D eigenvalue weighted by molar-refractivity contribution is 0.194. The number of amides is 1. The summed E-state index contributed by atoms with van der Waals surface area (Å²) in [7, 11) is 0. The average molecular weight is 173 g/mol. The highest BCUT2D eigenvalue weighted by Crippen LogP contribution is 2.00. The lowest BCUT2D eigenvalue weighted by Gasteiger charge is -1.95. The van der Waals surface area contributed by atoms with Crippen molar-refractivity contribution >= 4 is 17.4 Å². The van der Waals surface area contributed by atoms with Gasteiger partial charge in [-0.05, 0) is 0 Å². The lowest BCUT2D eigenvalue weighted by Crippen LogP contribution is -2.23. The largest absolute Gasteiger partial charge is 0.465 e. The predicted octanol–water partition coefficient (Wildman–Crippen LogP) is 0.348. The van der Waals surface area contributed by atoms with Crippen LogP contribution in [0.25, 0.3) is 0 Å². The summed E-state index contributed by atoms with van der Waals surface area (Å²) in [6.07, 6.45) is -0.397. The zero-order valence-electron chi connectivity index (χ0n) is 5.65. The van der Waals surface area contributed by atoms with Gasteiger partial charge in [0.05, 0.1) is 0 Å². The van der Waals surface area contributed by atoms with E-state index in [1.165, 1.54) is 11.3 Å². The number of rotatable bonds is 3. The Kier molecular flexibility index (Phi) is 2.79. The molecule has 0 saturated carbocycles. The zero-order chi connectivity index (χ0) is 8.10. The Balaban J connectivity index is 2.19. The van der Waals surface area contributed by atoms with E-state index in [9.17, 15) is 4.79 Å². The van der Waals surface area contributed by atoms with Gasteiger partial charge in [-0.15, -0.1) is 21.5 Å². The summed E-state index contributed by atoms with van der Waals surface area (Å²) in [6.45, 7) is 0.393. The number of hydrogen-bond acceptors (Lipinski definition) is 4. The van der Waals surface area contributed by atoms with Crippen LogP contribution in [-0.2, 0) is 6.42 Å². The van der Waals surface area contributed by atoms with Crippen molar-refractivity contribution in [1.29, 1.82) is 0 Å². The molecule has 1 amide bonds. The summed E-state index contributed by atoms with van der Waals surface area (Å²) in [5, 5.41) is 18.6. The molecule has 0 aromatic carbocycles. The van der Waals surface area contributed by atoms with E-state index in [0.29, 0.717) is 13.0 Å². The maximum Gasteiger partial charge on any atom is 0.404 e. The smallest absolute Gasteiger partial charge is 0.404 e. The van der Waals surface area contributed by atoms with Crippen LogP contribution in [0, 0.1) is 0 Å². The fourth-order valence-electron chi connectivity index (χ4n) is 0.581. The fourth-order valence-corrected chi connectivity index (χ4v) is 1.11. The molecule has 5 nitrogen and oxygen atoms in total. The van der Waals surface area contributed by atoms with Gasteiger partial charge in [-0.2, -0.15) is 0 Å². The maximum atomic E-state index is 9.98. The lowest BCUT2D eigenvalue weighted by atomic mass is 10.4. The van der Waals surface area contributed by atoms with Gasteiger partial charge < -0.3 is 10.4 Å². The molecule has 0 aliphatic heterocycles. The highest BCUT2D eigenvalue weighted by molar-refractivity contribution is 7.09. The van der Waals surface area contributed by atoms with Gasteiger partial charge in [0.25, 0.3) is 0 Å². The van der Waals surface area contributed by atoms with Crippen LogP contribution in [0.5, 0.6) is 0 Å². The molecule has 0 radical (unpaired) electrons. The average Bonchev–Trinajstić information content (AvgIpc) is 2.39. The fraction of sp³-hybridized carbons (Fsp3) is 0.400. The number of nitrogens with zero attached hydrogens (tertiary/aromatic N) is 2. The first-order valence-electron chi connectivity index (χ1n) is 3.01. The monoisotopic (exact) mass is 173 g/mol. The first kappa shape index (κ1) is 7.93. The number of carboxylic acid groups (broad SMARTS) is 1. The molecule has 0 saturated heterocycles. The molecule has 0 aliphatic rings. The molecule has 1 aromatic rings. The van der Waals surface area contributed by atoms with Crippen molar-refractivity contribution in [1.82, 2.24) is 15.5 Å². The van der Waals surface area contributed by atoms with Crippen molar-refractivity contribution in [2.45, 2.75) is 6.42 Å². The molecule has 6 heteroatoms. The second-order valence-corrected chi connectivity index (χ2v) is 2.73. The normalized spacial score (nSPS) is 9.45. The number of hydrogen-bond donors (Lipinski definition) is 2. The first-order chi connectivity index (χ1) is 5.29. The second-order valence-electron chi connectivity index (χ2n) is 1.81. The van der Waals surface area contributed by atoms with Crippen LogP contribution in [0.4, 0.5) is 4.79 Å². The third-order valence-corrected chi connectivity index (χ3v) is 1.78. The summed E-state index contributed by atoms with van der Waals surface area (Å²) in [4.78, 5) is 9.98. The maximum absolute atomic E-state index is 9.98. The molecule has 1 aromatic heterocycles. The molecule has 0 unspecified atom stereocenters. The van der Waals surface area contributed by atoms with Gasteiger partial charge in [-0.25, -0.2) is 4.79 Å². The van der Waals surface area contributed by atoms with E-state index in [2.05, 4.69) is 15.5 Å². The molecule has 0 fully saturated rings. The Morgan fingerprint density at radius 3 is 3.18 bits per heavy atom. The van der Waals surface area contributed by atoms with Crippen LogP contribution >= 0.6 is 11.3 Å². The van der Waals surface area contributed by atoms with E-state index in [1.807, 2.05) is 0 Å². The van der Waals surface area contributed by atoms with E-state index in [1.54, 1.807) is 5.51 Å². The van der Waals surface area contributed by atoms with Crippen LogP contribution < -0.4 is 5.32 Å². The van der Waals surface area contributed by atoms with Crippen LogP contribution in [0.2, 0.25) is 0 Å². The van der Waals surface area contributed by atoms with Gasteiger partial charge in [0.1, 0.15) is 10.5 Å². The molecule has 60 valence electrons. The van der Waals surface area contributed by atoms with E-state index >= 15 is 0 Å². The molecule has 1 rings (SSSR count). The van der Waals surface area contributed by atoms with Crippen molar-refractivity contribution < 1.29 is 9.90 Å². The topological polar surface area (TPSA) is 75.1 Å². The van der Waals surface area contributed by atoms with Crippen molar-refractivity contribution in [3.8, 4) is 0 Å². The van der Waals surface area contributed by atoms with Gasteiger partial charge >= 0.3 is 6.09 Å². The summed E-state index contributed by atoms with van der Waals surface area (Å²) in [5.41, 5.74) is 1.62. The Bertz CT molecular complexity index is 224. The second kappa shape index (κ2) is 3.87. The Morgan fingerprint density at radius 2 is 2.64 bits per heavy atom. The van der Waals surface area contributed by atoms with Crippen molar-refractivity contribution in [3.63, 3.8) is 0 Å². The standard InChI is InChI=1S/C5H7N3O2S/c9-5(10)6-2-1-4-8-7-3-11-4/h3,6H,1-2H2,(H,9,10). The molecular formula is C5H7N3O2S. The molecule has 1 heterocycles. The molecule has 0 spiro atoms. The minimum Gasteiger partial charge on any atom is -0.465 e. The Hall–Kier alpha value is -1.17. The SMILES string of the molecule is O=C(O)NCCc1nncs1. The van der Waals surface area contributed by atoms with Gasteiger partial charge in [0, 0.05) is 13.0 Å². The molecule has 11 heavy (non-hydrogen) atoms. The van der Waals surface area contributed by atoms with Crippen LogP contribution in [0.1, 0.15) is 5.01 Å². The van der Waals surface area contributed by atoms with Gasteiger partial charge in [-0.3, -0.25) is 0 Å². The van der Waals surface area contributed by atoms with Crippen LogP contribution in [0.3, 0.4) is 0 Å². The molecule has 2 N–H and O–H groups in total. The predicted molar refractivity (Wildman–Crippen MR) is 39.6 cm³/mol. The summed E-state index contributed by atoms with van der Waals surface area (Å²) >= 11 is 1.42. The minimum absolute atomic E-state index is 0.393. The van der Waals surface area contributed by atoms with Gasteiger partial charge in [-0.1, -0.05) is 0 Å². The highest BCUT2D eigenvalue weighted by atomic mass is 32.1. The number of nitrogens with one attached hydrogen (secondary N) is 1. The van der Waals surface area contributed by atoms with E-state index < -0.39 is 6.09 Å². The van der Waals surface area contributed by atoms with Crippen LogP contribution in [0.15, 0.2) is 5.51 Å².